The third-order valence-electron chi connectivity index (χ3n) is 2.21. The van der Waals surface area contributed by atoms with Crippen LogP contribution < -0.4 is 5.32 Å². The van der Waals surface area contributed by atoms with Crippen molar-refractivity contribution in [2.75, 3.05) is 5.32 Å². The highest BCUT2D eigenvalue weighted by Gasteiger charge is 2.18. The molecule has 1 amide bonds. The van der Waals surface area contributed by atoms with Crippen molar-refractivity contribution >= 4 is 22.4 Å². The van der Waals surface area contributed by atoms with Gasteiger partial charge >= 0.3 is 0 Å². The number of nitrogens with one attached hydrogen (secondary N) is 2. The van der Waals surface area contributed by atoms with Gasteiger partial charge in [0.25, 0.3) is 5.91 Å². The molecule has 6 heteroatoms. The summed E-state index contributed by atoms with van der Waals surface area (Å²) in [6.07, 6.45) is 3.15. The number of carbonyl (C=O) groups excluding carboxylic acids is 1. The number of aromatic amines is 1. The molecule has 17 heavy (non-hydrogen) atoms. The summed E-state index contributed by atoms with van der Waals surface area (Å²) in [5, 5.41) is 5.26. The van der Waals surface area contributed by atoms with Gasteiger partial charge in [0.2, 0.25) is 0 Å². The molecule has 0 unspecified atom stereocenters. The van der Waals surface area contributed by atoms with Crippen molar-refractivity contribution in [3.63, 3.8) is 0 Å². The Balaban J connectivity index is 2.10. The zero-order valence-electron chi connectivity index (χ0n) is 9.94. The van der Waals surface area contributed by atoms with Crippen molar-refractivity contribution in [2.45, 2.75) is 26.2 Å². The van der Waals surface area contributed by atoms with E-state index in [1.807, 2.05) is 5.38 Å². The van der Waals surface area contributed by atoms with Crippen LogP contribution in [0.5, 0.6) is 0 Å². The zero-order valence-corrected chi connectivity index (χ0v) is 10.8. The Kier molecular flexibility index (Phi) is 2.97. The van der Waals surface area contributed by atoms with Crippen LogP contribution in [0.2, 0.25) is 0 Å². The lowest BCUT2D eigenvalue weighted by atomic mass is 9.93. The minimum Gasteiger partial charge on any atom is -0.341 e. The van der Waals surface area contributed by atoms with E-state index in [0.29, 0.717) is 5.13 Å². The standard InChI is InChI=1S/C11H14N4OS/c1-11(2,3)7-6-17-10(14-7)15-9(16)8-12-4-5-13-8/h4-6H,1-3H3,(H,12,13)(H,14,15,16). The summed E-state index contributed by atoms with van der Waals surface area (Å²) < 4.78 is 0. The summed E-state index contributed by atoms with van der Waals surface area (Å²) in [5.41, 5.74) is 0.960. The van der Waals surface area contributed by atoms with Crippen molar-refractivity contribution in [3.05, 3.63) is 29.3 Å². The number of hydrogen-bond donors (Lipinski definition) is 2. The molecule has 2 N–H and O–H groups in total. The zero-order chi connectivity index (χ0) is 12.5. The van der Waals surface area contributed by atoms with Crippen molar-refractivity contribution in [1.29, 1.82) is 0 Å². The van der Waals surface area contributed by atoms with Gasteiger partial charge in [-0.3, -0.25) is 10.1 Å². The molecule has 2 aromatic rings. The van der Waals surface area contributed by atoms with Crippen molar-refractivity contribution < 1.29 is 4.79 Å². The van der Waals surface area contributed by atoms with Gasteiger partial charge in [-0.1, -0.05) is 20.8 Å². The third-order valence-corrected chi connectivity index (χ3v) is 2.96. The second kappa shape index (κ2) is 4.29. The number of rotatable bonds is 2. The van der Waals surface area contributed by atoms with Crippen LogP contribution in [0.4, 0.5) is 5.13 Å². The van der Waals surface area contributed by atoms with Gasteiger partial charge < -0.3 is 4.98 Å². The highest BCUT2D eigenvalue weighted by molar-refractivity contribution is 7.14. The summed E-state index contributed by atoms with van der Waals surface area (Å²) >= 11 is 1.42. The van der Waals surface area contributed by atoms with Crippen LogP contribution in [0.25, 0.3) is 0 Å². The van der Waals surface area contributed by atoms with Crippen LogP contribution in [-0.2, 0) is 5.41 Å². The third kappa shape index (κ3) is 2.71. The van der Waals surface area contributed by atoms with Crippen LogP contribution in [0.3, 0.4) is 0 Å². The van der Waals surface area contributed by atoms with E-state index in [1.54, 1.807) is 6.20 Å². The quantitative estimate of drug-likeness (QED) is 0.859. The second-order valence-electron chi connectivity index (χ2n) is 4.68. The molecule has 0 aliphatic heterocycles. The van der Waals surface area contributed by atoms with E-state index in [1.165, 1.54) is 17.5 Å². The van der Waals surface area contributed by atoms with Gasteiger partial charge in [-0.25, -0.2) is 9.97 Å². The number of amides is 1. The second-order valence-corrected chi connectivity index (χ2v) is 5.54. The van der Waals surface area contributed by atoms with Crippen LogP contribution in [0, 0.1) is 0 Å². The topological polar surface area (TPSA) is 70.7 Å². The molecular weight excluding hydrogens is 236 g/mol. The van der Waals surface area contributed by atoms with Crippen LogP contribution in [-0.4, -0.2) is 20.9 Å². The van der Waals surface area contributed by atoms with E-state index in [-0.39, 0.29) is 17.1 Å². The predicted molar refractivity (Wildman–Crippen MR) is 67.4 cm³/mol. The van der Waals surface area contributed by atoms with Gasteiger partial charge in [0.1, 0.15) is 0 Å². The summed E-state index contributed by atoms with van der Waals surface area (Å²) in [6.45, 7) is 6.25. The smallest absolute Gasteiger partial charge is 0.293 e. The number of thiazole rings is 1. The molecule has 2 rings (SSSR count). The Bertz CT molecular complexity index is 510. The normalized spacial score (nSPS) is 11.5. The first-order valence-corrected chi connectivity index (χ1v) is 6.11. The van der Waals surface area contributed by atoms with E-state index in [0.717, 1.165) is 5.69 Å². The number of aromatic nitrogens is 3. The molecule has 0 fully saturated rings. The molecule has 0 aromatic carbocycles. The number of nitrogens with zero attached hydrogens (tertiary/aromatic N) is 2. The van der Waals surface area contributed by atoms with Gasteiger partial charge in [-0.05, 0) is 0 Å². The first-order valence-electron chi connectivity index (χ1n) is 5.23. The van der Waals surface area contributed by atoms with Gasteiger partial charge in [0.15, 0.2) is 11.0 Å². The molecule has 5 nitrogen and oxygen atoms in total. The van der Waals surface area contributed by atoms with Crippen molar-refractivity contribution in [2.24, 2.45) is 0 Å². The summed E-state index contributed by atoms with van der Waals surface area (Å²) in [6, 6.07) is 0. The lowest BCUT2D eigenvalue weighted by Crippen LogP contribution is -2.15. The molecule has 0 aliphatic carbocycles. The largest absolute Gasteiger partial charge is 0.341 e. The molecule has 2 heterocycles. The van der Waals surface area contributed by atoms with E-state index >= 15 is 0 Å². The Labute approximate surface area is 103 Å². The maximum atomic E-state index is 11.7. The van der Waals surface area contributed by atoms with E-state index in [9.17, 15) is 4.79 Å². The van der Waals surface area contributed by atoms with E-state index < -0.39 is 0 Å². The highest BCUT2D eigenvalue weighted by Crippen LogP contribution is 2.26. The van der Waals surface area contributed by atoms with Crippen LogP contribution in [0.1, 0.15) is 37.1 Å². The molecule has 0 aliphatic rings. The fourth-order valence-corrected chi connectivity index (χ4v) is 2.15. The predicted octanol–water partition coefficient (Wildman–Crippen LogP) is 2.42. The molecule has 0 spiro atoms. The van der Waals surface area contributed by atoms with Crippen LogP contribution in [0.15, 0.2) is 17.8 Å². The molecule has 90 valence electrons. The first-order chi connectivity index (χ1) is 7.97. The molecule has 0 saturated carbocycles. The van der Waals surface area contributed by atoms with Crippen LogP contribution >= 0.6 is 11.3 Å². The maximum absolute atomic E-state index is 11.7. The van der Waals surface area contributed by atoms with Gasteiger partial charge in [0.05, 0.1) is 5.69 Å². The van der Waals surface area contributed by atoms with Gasteiger partial charge in [-0.2, -0.15) is 0 Å². The lowest BCUT2D eigenvalue weighted by molar-refractivity contribution is 0.101. The molecule has 2 aromatic heterocycles. The van der Waals surface area contributed by atoms with Crippen molar-refractivity contribution in [1.82, 2.24) is 15.0 Å². The number of carbonyl (C=O) groups is 1. The summed E-state index contributed by atoms with van der Waals surface area (Å²) in [5.74, 6) is 0.0160. The Morgan fingerprint density at radius 2 is 2.24 bits per heavy atom. The fraction of sp³-hybridized carbons (Fsp3) is 0.364. The summed E-state index contributed by atoms with van der Waals surface area (Å²) in [7, 11) is 0. The molecule has 0 radical (unpaired) electrons. The average Bonchev–Trinajstić information content (AvgIpc) is 2.85. The molecule has 0 saturated heterocycles. The van der Waals surface area contributed by atoms with Gasteiger partial charge in [0, 0.05) is 23.2 Å². The number of anilines is 1. The fourth-order valence-electron chi connectivity index (χ4n) is 1.22. The minimum atomic E-state index is -0.273. The Morgan fingerprint density at radius 1 is 1.47 bits per heavy atom. The highest BCUT2D eigenvalue weighted by atomic mass is 32.1. The Morgan fingerprint density at radius 3 is 2.76 bits per heavy atom. The van der Waals surface area contributed by atoms with E-state index in [4.69, 9.17) is 0 Å². The minimum absolute atomic E-state index is 0.00976. The molecular formula is C11H14N4OS. The monoisotopic (exact) mass is 250 g/mol. The number of H-pyrrole nitrogens is 1. The SMILES string of the molecule is CC(C)(C)c1csc(NC(=O)c2ncc[nH]2)n1. The molecule has 0 bridgehead atoms. The Hall–Kier alpha value is -1.69. The van der Waals surface area contributed by atoms with E-state index in [2.05, 4.69) is 41.0 Å². The number of hydrogen-bond acceptors (Lipinski definition) is 4. The lowest BCUT2D eigenvalue weighted by Gasteiger charge is -2.14. The number of imidazole rings is 1. The maximum Gasteiger partial charge on any atom is 0.293 e. The van der Waals surface area contributed by atoms with Gasteiger partial charge in [-0.15, -0.1) is 11.3 Å². The average molecular weight is 250 g/mol. The molecule has 0 atom stereocenters. The van der Waals surface area contributed by atoms with Crippen molar-refractivity contribution in [3.8, 4) is 0 Å². The first kappa shape index (κ1) is 11.8. The summed E-state index contributed by atoms with van der Waals surface area (Å²) in [4.78, 5) is 22.7.